The molecule has 3 aromatic rings. The van der Waals surface area contributed by atoms with Crippen molar-refractivity contribution in [1.82, 2.24) is 30.1 Å². The van der Waals surface area contributed by atoms with Crippen LogP contribution in [0.5, 0.6) is 0 Å². The van der Waals surface area contributed by atoms with Crippen molar-refractivity contribution in [1.29, 1.82) is 0 Å². The molecule has 2 aromatic heterocycles. The first-order chi connectivity index (χ1) is 14.7. The van der Waals surface area contributed by atoms with Gasteiger partial charge in [-0.2, -0.15) is 0 Å². The van der Waals surface area contributed by atoms with Gasteiger partial charge in [-0.05, 0) is 74.7 Å². The number of nitrogens with zero attached hydrogens (tertiary/aromatic N) is 5. The molecule has 0 aliphatic carbocycles. The Morgan fingerprint density at radius 1 is 1.23 bits per heavy atom. The maximum absolute atomic E-state index is 12.9. The number of aryl methyl sites for hydroxylation is 2. The molecule has 0 amide bonds. The third-order valence-corrected chi connectivity index (χ3v) is 5.58. The number of tetrazole rings is 1. The van der Waals surface area contributed by atoms with Gasteiger partial charge in [0.2, 0.25) is 0 Å². The number of benzene rings is 1. The number of aliphatic hydroxyl groups excluding tert-OH is 1. The number of aliphatic hydroxyl groups is 1. The minimum absolute atomic E-state index is 0.0129. The summed E-state index contributed by atoms with van der Waals surface area (Å²) in [5, 5.41) is 23.3. The number of hydrogen-bond donors (Lipinski definition) is 2. The number of aromatic nitrogens is 5. The summed E-state index contributed by atoms with van der Waals surface area (Å²) in [5.41, 5.74) is 3.39. The average molecular weight is 427 g/mol. The highest BCUT2D eigenvalue weighted by Crippen LogP contribution is 2.28. The summed E-state index contributed by atoms with van der Waals surface area (Å²) >= 11 is 0. The molecule has 0 radical (unpaired) electrons. The minimum atomic E-state index is -0.273. The summed E-state index contributed by atoms with van der Waals surface area (Å²) in [6.07, 6.45) is 1.75. The number of fused-ring (bicyclic) bond motifs is 1. The number of pyridine rings is 1. The fraction of sp³-hybridized carbons (Fsp3) is 0.565. The second-order valence-corrected chi connectivity index (χ2v) is 9.29. The van der Waals surface area contributed by atoms with Crippen molar-refractivity contribution >= 4 is 10.9 Å². The van der Waals surface area contributed by atoms with Gasteiger partial charge in [-0.1, -0.05) is 19.4 Å². The van der Waals surface area contributed by atoms with Crippen molar-refractivity contribution in [2.45, 2.75) is 72.5 Å². The summed E-state index contributed by atoms with van der Waals surface area (Å²) in [6, 6.07) is 5.98. The highest BCUT2D eigenvalue weighted by atomic mass is 16.3. The topological polar surface area (TPSA) is 99.9 Å². The van der Waals surface area contributed by atoms with Crippen LogP contribution in [-0.2, 0) is 12.1 Å². The Kier molecular flexibility index (Phi) is 6.91. The van der Waals surface area contributed by atoms with Gasteiger partial charge >= 0.3 is 0 Å². The van der Waals surface area contributed by atoms with E-state index in [1.807, 2.05) is 23.7 Å². The highest BCUT2D eigenvalue weighted by molar-refractivity contribution is 5.83. The largest absolute Gasteiger partial charge is 0.395 e. The van der Waals surface area contributed by atoms with Crippen LogP contribution in [0, 0.1) is 13.8 Å². The number of rotatable bonds is 8. The Bertz CT molecular complexity index is 1100. The van der Waals surface area contributed by atoms with Gasteiger partial charge in [0, 0.05) is 29.6 Å². The molecule has 0 spiro atoms. The van der Waals surface area contributed by atoms with Crippen LogP contribution < -0.4 is 5.56 Å². The van der Waals surface area contributed by atoms with Crippen LogP contribution in [-0.4, -0.2) is 48.3 Å². The predicted octanol–water partition coefficient (Wildman–Crippen LogP) is 3.22. The van der Waals surface area contributed by atoms with Crippen LogP contribution in [0.4, 0.5) is 0 Å². The van der Waals surface area contributed by atoms with Gasteiger partial charge in [0.1, 0.15) is 0 Å². The van der Waals surface area contributed by atoms with Crippen LogP contribution in [0.25, 0.3) is 10.9 Å². The first kappa shape index (κ1) is 23.1. The Morgan fingerprint density at radius 2 is 1.97 bits per heavy atom. The molecule has 3 rings (SSSR count). The summed E-state index contributed by atoms with van der Waals surface area (Å²) in [7, 11) is 0. The fourth-order valence-corrected chi connectivity index (χ4v) is 4.15. The van der Waals surface area contributed by atoms with E-state index < -0.39 is 0 Å². The number of H-pyrrole nitrogens is 1. The van der Waals surface area contributed by atoms with Crippen molar-refractivity contribution in [3.8, 4) is 0 Å². The Labute approximate surface area is 183 Å². The van der Waals surface area contributed by atoms with Gasteiger partial charge in [0.05, 0.1) is 18.2 Å². The zero-order chi connectivity index (χ0) is 22.8. The minimum Gasteiger partial charge on any atom is -0.395 e. The molecule has 0 fully saturated rings. The molecule has 0 unspecified atom stereocenters. The van der Waals surface area contributed by atoms with Gasteiger partial charge in [-0.3, -0.25) is 9.69 Å². The molecule has 1 aromatic carbocycles. The normalized spacial score (nSPS) is 13.3. The van der Waals surface area contributed by atoms with Crippen LogP contribution >= 0.6 is 0 Å². The molecular formula is C23H34N6O2. The van der Waals surface area contributed by atoms with Crippen molar-refractivity contribution in [3.63, 3.8) is 0 Å². The van der Waals surface area contributed by atoms with E-state index in [0.29, 0.717) is 18.7 Å². The summed E-state index contributed by atoms with van der Waals surface area (Å²) in [4.78, 5) is 18.0. The second kappa shape index (κ2) is 9.28. The maximum Gasteiger partial charge on any atom is 0.252 e. The molecule has 168 valence electrons. The fourth-order valence-electron chi connectivity index (χ4n) is 4.15. The lowest BCUT2D eigenvalue weighted by Gasteiger charge is -2.32. The lowest BCUT2D eigenvalue weighted by atomic mass is 10.0. The molecule has 0 saturated carbocycles. The first-order valence-electron chi connectivity index (χ1n) is 10.9. The van der Waals surface area contributed by atoms with Crippen LogP contribution in [0.2, 0.25) is 0 Å². The molecule has 0 aliphatic rings. The van der Waals surface area contributed by atoms with Gasteiger partial charge in [-0.25, -0.2) is 4.68 Å². The van der Waals surface area contributed by atoms with E-state index in [1.165, 1.54) is 0 Å². The molecule has 0 bridgehead atoms. The summed E-state index contributed by atoms with van der Waals surface area (Å²) in [6.45, 7) is 13.2. The Morgan fingerprint density at radius 3 is 2.61 bits per heavy atom. The van der Waals surface area contributed by atoms with Gasteiger partial charge in [0.25, 0.3) is 5.56 Å². The SMILES string of the molecule is CCC[C@@H](c1nnnn1C(C)(C)C)N(CCO)Cc1cc2c(C)cc(C)cc2[nH]c1=O. The third-order valence-electron chi connectivity index (χ3n) is 5.58. The molecular weight excluding hydrogens is 392 g/mol. The van der Waals surface area contributed by atoms with Crippen LogP contribution in [0.15, 0.2) is 23.0 Å². The number of nitrogens with one attached hydrogen (secondary N) is 1. The van der Waals surface area contributed by atoms with Crippen molar-refractivity contribution in [2.75, 3.05) is 13.2 Å². The molecule has 31 heavy (non-hydrogen) atoms. The lowest BCUT2D eigenvalue weighted by molar-refractivity contribution is 0.123. The van der Waals surface area contributed by atoms with E-state index in [-0.39, 0.29) is 23.7 Å². The molecule has 0 saturated heterocycles. The smallest absolute Gasteiger partial charge is 0.252 e. The maximum atomic E-state index is 12.9. The van der Waals surface area contributed by atoms with Crippen molar-refractivity contribution in [3.05, 3.63) is 51.1 Å². The van der Waals surface area contributed by atoms with E-state index in [9.17, 15) is 9.90 Å². The summed E-state index contributed by atoms with van der Waals surface area (Å²) in [5.74, 6) is 0.756. The average Bonchev–Trinajstić information content (AvgIpc) is 3.16. The Balaban J connectivity index is 2.04. The molecule has 8 nitrogen and oxygen atoms in total. The van der Waals surface area contributed by atoms with Crippen LogP contribution in [0.3, 0.4) is 0 Å². The number of hydrogen-bond acceptors (Lipinski definition) is 6. The zero-order valence-electron chi connectivity index (χ0n) is 19.4. The quantitative estimate of drug-likeness (QED) is 0.574. The van der Waals surface area contributed by atoms with Crippen LogP contribution in [0.1, 0.15) is 69.1 Å². The van der Waals surface area contributed by atoms with E-state index in [2.05, 4.69) is 66.1 Å². The van der Waals surface area contributed by atoms with E-state index >= 15 is 0 Å². The highest BCUT2D eigenvalue weighted by Gasteiger charge is 2.30. The molecule has 1 atom stereocenters. The van der Waals surface area contributed by atoms with Gasteiger partial charge in [-0.15, -0.1) is 5.10 Å². The van der Waals surface area contributed by atoms with Gasteiger partial charge in [0.15, 0.2) is 5.82 Å². The second-order valence-electron chi connectivity index (χ2n) is 9.29. The molecule has 2 heterocycles. The van der Waals surface area contributed by atoms with E-state index in [1.54, 1.807) is 0 Å². The zero-order valence-corrected chi connectivity index (χ0v) is 19.4. The van der Waals surface area contributed by atoms with Crippen molar-refractivity contribution in [2.24, 2.45) is 0 Å². The van der Waals surface area contributed by atoms with Gasteiger partial charge < -0.3 is 10.1 Å². The summed E-state index contributed by atoms with van der Waals surface area (Å²) < 4.78 is 1.84. The van der Waals surface area contributed by atoms with Crippen molar-refractivity contribution < 1.29 is 5.11 Å². The number of aromatic amines is 1. The Hall–Kier alpha value is -2.58. The molecule has 2 N–H and O–H groups in total. The lowest BCUT2D eigenvalue weighted by Crippen LogP contribution is -2.37. The molecule has 0 aliphatic heterocycles. The predicted molar refractivity (Wildman–Crippen MR) is 122 cm³/mol. The monoisotopic (exact) mass is 426 g/mol. The van der Waals surface area contributed by atoms with E-state index in [4.69, 9.17) is 0 Å². The molecule has 8 heteroatoms. The standard InChI is InChI=1S/C23H34N6O2/c1-7-8-20(21-25-26-27-29(21)23(4,5)6)28(9-10-30)14-17-13-18-16(3)11-15(2)12-19(18)24-22(17)31/h11-13,20,30H,7-10,14H2,1-6H3,(H,24,31)/t20-/m0/s1. The third kappa shape index (κ3) is 5.02. The first-order valence-corrected chi connectivity index (χ1v) is 10.9. The van der Waals surface area contributed by atoms with E-state index in [0.717, 1.165) is 40.7 Å².